The van der Waals surface area contributed by atoms with Gasteiger partial charge in [-0.1, -0.05) is 24.3 Å². The Labute approximate surface area is 229 Å². The van der Waals surface area contributed by atoms with Gasteiger partial charge in [0.05, 0.1) is 40.5 Å². The Bertz CT molecular complexity index is 1580. The first kappa shape index (κ1) is 30.0. The fourth-order valence-corrected chi connectivity index (χ4v) is 5.39. The van der Waals surface area contributed by atoms with E-state index in [0.717, 1.165) is 11.1 Å². The van der Waals surface area contributed by atoms with Crippen LogP contribution in [0.2, 0.25) is 0 Å². The van der Waals surface area contributed by atoms with Crippen LogP contribution in [0.3, 0.4) is 0 Å². The molecule has 2 aromatic heterocycles. The number of hydrogen-bond donors (Lipinski definition) is 3. The van der Waals surface area contributed by atoms with Gasteiger partial charge >= 0.3 is 5.97 Å². The molecule has 2 aromatic carbocycles. The van der Waals surface area contributed by atoms with Crippen LogP contribution in [0.5, 0.6) is 5.75 Å². The molecule has 208 valence electrons. The van der Waals surface area contributed by atoms with E-state index in [9.17, 15) is 22.5 Å². The molecule has 0 saturated heterocycles. The van der Waals surface area contributed by atoms with Crippen molar-refractivity contribution in [2.75, 3.05) is 19.9 Å². The predicted octanol–water partition coefficient (Wildman–Crippen LogP) is 3.65. The summed E-state index contributed by atoms with van der Waals surface area (Å²) in [6.45, 7) is 2.28. The van der Waals surface area contributed by atoms with Crippen LogP contribution in [0, 0.1) is 0 Å². The van der Waals surface area contributed by atoms with Crippen LogP contribution in [0.15, 0.2) is 65.8 Å². The average molecular weight is 574 g/mol. The van der Waals surface area contributed by atoms with E-state index in [4.69, 9.17) is 9.29 Å². The summed E-state index contributed by atoms with van der Waals surface area (Å²) < 4.78 is 46.4. The van der Waals surface area contributed by atoms with Gasteiger partial charge in [0.1, 0.15) is 5.75 Å². The van der Waals surface area contributed by atoms with E-state index >= 15 is 0 Å². The summed E-state index contributed by atoms with van der Waals surface area (Å²) >= 11 is 0. The summed E-state index contributed by atoms with van der Waals surface area (Å²) in [6, 6.07) is 14.7. The molecule has 0 fully saturated rings. The van der Waals surface area contributed by atoms with Crippen molar-refractivity contribution in [3.05, 3.63) is 77.7 Å². The Morgan fingerprint density at radius 2 is 1.85 bits per heavy atom. The fourth-order valence-electron chi connectivity index (χ4n) is 4.18. The lowest BCUT2D eigenvalue weighted by Crippen LogP contribution is -2.12. The molecule has 0 aliphatic rings. The van der Waals surface area contributed by atoms with Crippen LogP contribution in [0.25, 0.3) is 22.0 Å². The van der Waals surface area contributed by atoms with Crippen LogP contribution in [0.4, 0.5) is 0 Å². The zero-order valence-electron chi connectivity index (χ0n) is 22.0. The molecule has 1 unspecified atom stereocenters. The molecule has 2 heterocycles. The van der Waals surface area contributed by atoms with Crippen LogP contribution < -0.4 is 5.32 Å². The second kappa shape index (κ2) is 13.0. The minimum atomic E-state index is -3.67. The van der Waals surface area contributed by atoms with Crippen molar-refractivity contribution >= 4 is 37.8 Å². The molecule has 4 rings (SSSR count). The molecule has 12 heteroatoms. The van der Waals surface area contributed by atoms with Gasteiger partial charge in [-0.3, -0.25) is 13.7 Å². The van der Waals surface area contributed by atoms with Crippen LogP contribution in [-0.2, 0) is 45.0 Å². The molecule has 4 aromatic rings. The molecule has 0 bridgehead atoms. The highest BCUT2D eigenvalue weighted by Crippen LogP contribution is 2.41. The minimum absolute atomic E-state index is 0.0710. The molecule has 0 radical (unpaired) electrons. The van der Waals surface area contributed by atoms with Crippen molar-refractivity contribution < 1.29 is 31.8 Å². The standard InChI is InChI=1S/C26H27N3O4S.CH4O3S/c1-4-33-26(31)24-22(16-34(32)18-10-6-5-7-11-18)29(3)21-13-19(17-9-8-12-28-14-17)25(30)20(15-27-2)23(21)24;1-5(2,3)4/h5-14,27,30H,4,15-16H2,1-3H3;1H3,(H,2,3,4). The van der Waals surface area contributed by atoms with Gasteiger partial charge in [0.25, 0.3) is 10.1 Å². The molecular formula is C27H31N3O7S2. The normalized spacial score (nSPS) is 12.0. The zero-order chi connectivity index (χ0) is 28.7. The van der Waals surface area contributed by atoms with E-state index in [0.29, 0.717) is 45.5 Å². The number of phenolic OH excluding ortho intramolecular Hbond substituents is 1. The van der Waals surface area contributed by atoms with Crippen molar-refractivity contribution in [3.8, 4) is 16.9 Å². The molecule has 0 saturated carbocycles. The summed E-state index contributed by atoms with van der Waals surface area (Å²) in [5.74, 6) is -0.300. The lowest BCUT2D eigenvalue weighted by Gasteiger charge is -2.13. The van der Waals surface area contributed by atoms with E-state index in [-0.39, 0.29) is 18.1 Å². The minimum Gasteiger partial charge on any atom is -0.507 e. The second-order valence-electron chi connectivity index (χ2n) is 8.55. The lowest BCUT2D eigenvalue weighted by atomic mass is 9.97. The van der Waals surface area contributed by atoms with E-state index in [1.807, 2.05) is 54.1 Å². The van der Waals surface area contributed by atoms with Crippen molar-refractivity contribution in [1.82, 2.24) is 14.9 Å². The number of benzene rings is 2. The molecule has 1 atom stereocenters. The van der Waals surface area contributed by atoms with Crippen LogP contribution in [-0.4, -0.2) is 57.7 Å². The van der Waals surface area contributed by atoms with E-state index in [2.05, 4.69) is 10.3 Å². The highest BCUT2D eigenvalue weighted by atomic mass is 32.2. The smallest absolute Gasteiger partial charge is 0.340 e. The van der Waals surface area contributed by atoms with E-state index in [1.54, 1.807) is 32.4 Å². The van der Waals surface area contributed by atoms with Gasteiger partial charge in [0.15, 0.2) is 0 Å². The Kier molecular flexibility index (Phi) is 9.97. The summed E-state index contributed by atoms with van der Waals surface area (Å²) in [6.07, 6.45) is 4.07. The highest BCUT2D eigenvalue weighted by molar-refractivity contribution is 7.85. The third-order valence-corrected chi connectivity index (χ3v) is 7.10. The number of aromatic hydroxyl groups is 1. The van der Waals surface area contributed by atoms with Crippen molar-refractivity contribution in [2.45, 2.75) is 24.1 Å². The number of esters is 1. The zero-order valence-corrected chi connectivity index (χ0v) is 23.7. The monoisotopic (exact) mass is 573 g/mol. The number of fused-ring (bicyclic) bond motifs is 1. The number of phenols is 1. The average Bonchev–Trinajstić information content (AvgIpc) is 3.16. The number of rotatable bonds is 8. The number of nitrogens with zero attached hydrogens (tertiary/aromatic N) is 2. The molecule has 0 aliphatic heterocycles. The van der Waals surface area contributed by atoms with Gasteiger partial charge in [-0.2, -0.15) is 8.42 Å². The first-order chi connectivity index (χ1) is 18.5. The fraction of sp³-hybridized carbons (Fsp3) is 0.259. The number of nitrogens with one attached hydrogen (secondary N) is 1. The first-order valence-electron chi connectivity index (χ1n) is 11.9. The number of carbonyl (C=O) groups excluding carboxylic acids is 1. The third kappa shape index (κ3) is 7.30. The Balaban J connectivity index is 0.000000771. The van der Waals surface area contributed by atoms with Gasteiger partial charge < -0.3 is 19.7 Å². The number of aromatic nitrogens is 2. The maximum absolute atomic E-state index is 13.2. The number of carbonyl (C=O) groups is 1. The maximum Gasteiger partial charge on any atom is 0.340 e. The Morgan fingerprint density at radius 1 is 1.18 bits per heavy atom. The van der Waals surface area contributed by atoms with E-state index in [1.165, 1.54) is 0 Å². The molecule has 0 amide bonds. The third-order valence-electron chi connectivity index (χ3n) is 5.76. The number of ether oxygens (including phenoxy) is 1. The largest absolute Gasteiger partial charge is 0.507 e. The quantitative estimate of drug-likeness (QED) is 0.212. The van der Waals surface area contributed by atoms with Gasteiger partial charge in [-0.25, -0.2) is 4.79 Å². The highest BCUT2D eigenvalue weighted by Gasteiger charge is 2.28. The van der Waals surface area contributed by atoms with Crippen LogP contribution in [0.1, 0.15) is 28.5 Å². The molecular weight excluding hydrogens is 542 g/mol. The molecule has 3 N–H and O–H groups in total. The molecule has 39 heavy (non-hydrogen) atoms. The molecule has 0 aliphatic carbocycles. The second-order valence-corrected chi connectivity index (χ2v) is 11.5. The van der Waals surface area contributed by atoms with Crippen molar-refractivity contribution in [3.63, 3.8) is 0 Å². The van der Waals surface area contributed by atoms with Gasteiger partial charge in [-0.15, -0.1) is 0 Å². The molecule has 0 spiro atoms. The summed E-state index contributed by atoms with van der Waals surface area (Å²) in [7, 11) is -1.42. The molecule has 10 nitrogen and oxygen atoms in total. The topological polar surface area (TPSA) is 148 Å². The number of hydrogen-bond acceptors (Lipinski definition) is 8. The van der Waals surface area contributed by atoms with Crippen molar-refractivity contribution in [2.24, 2.45) is 7.05 Å². The van der Waals surface area contributed by atoms with Gasteiger partial charge in [0.2, 0.25) is 0 Å². The van der Waals surface area contributed by atoms with Gasteiger partial charge in [0, 0.05) is 58.7 Å². The van der Waals surface area contributed by atoms with Crippen molar-refractivity contribution in [1.29, 1.82) is 0 Å². The SMILES string of the molecule is CCOC(=O)c1c(CS(=O)c2ccccc2)n(C)c2cc(-c3cccnc3)c(O)c(CNC)c12.CS(=O)(=O)O. The first-order valence-corrected chi connectivity index (χ1v) is 15.1. The number of aryl methyl sites for hydroxylation is 1. The predicted molar refractivity (Wildman–Crippen MR) is 151 cm³/mol. The van der Waals surface area contributed by atoms with Crippen LogP contribution >= 0.6 is 0 Å². The van der Waals surface area contributed by atoms with Gasteiger partial charge in [-0.05, 0) is 38.2 Å². The maximum atomic E-state index is 13.2. The van der Waals surface area contributed by atoms with E-state index < -0.39 is 26.9 Å². The Morgan fingerprint density at radius 3 is 2.41 bits per heavy atom. The number of pyridine rings is 1. The summed E-state index contributed by atoms with van der Waals surface area (Å²) in [4.78, 5) is 18.0. The Hall–Kier alpha value is -3.58. The summed E-state index contributed by atoms with van der Waals surface area (Å²) in [5.41, 5.74) is 3.61. The summed E-state index contributed by atoms with van der Waals surface area (Å²) in [5, 5.41) is 15.0. The lowest BCUT2D eigenvalue weighted by molar-refractivity contribution is 0.0527.